The highest BCUT2D eigenvalue weighted by atomic mass is 35.5. The minimum Gasteiger partial charge on any atom is -0.297 e. The van der Waals surface area contributed by atoms with Crippen molar-refractivity contribution in [2.45, 2.75) is 19.8 Å². The number of imidazole rings is 1. The van der Waals surface area contributed by atoms with Gasteiger partial charge in [-0.15, -0.1) is 0 Å². The molecule has 0 saturated heterocycles. The number of hydrogen-bond donors (Lipinski definition) is 0. The first kappa shape index (κ1) is 10.2. The Morgan fingerprint density at radius 1 is 1.53 bits per heavy atom. The van der Waals surface area contributed by atoms with Crippen molar-refractivity contribution < 1.29 is 4.79 Å². The van der Waals surface area contributed by atoms with Crippen LogP contribution in [0, 0.1) is 0 Å². The molecule has 0 N–H and O–H groups in total. The average molecular weight is 223 g/mol. The van der Waals surface area contributed by atoms with Crippen LogP contribution in [0.3, 0.4) is 0 Å². The van der Waals surface area contributed by atoms with E-state index in [9.17, 15) is 4.79 Å². The van der Waals surface area contributed by atoms with Gasteiger partial charge in [-0.05, 0) is 12.0 Å². The summed E-state index contributed by atoms with van der Waals surface area (Å²) in [6.07, 6.45) is 2.60. The molecule has 0 aliphatic rings. The van der Waals surface area contributed by atoms with Gasteiger partial charge in [0.05, 0.1) is 5.69 Å². The van der Waals surface area contributed by atoms with E-state index in [1.807, 2.05) is 13.8 Å². The molecule has 0 spiro atoms. The predicted molar refractivity (Wildman–Crippen MR) is 59.7 cm³/mol. The Balaban J connectivity index is 2.78. The zero-order chi connectivity index (χ0) is 11.0. The molecule has 2 aromatic heterocycles. The maximum absolute atomic E-state index is 11.0. The Morgan fingerprint density at radius 2 is 2.27 bits per heavy atom. The SMILES string of the molecule is CC(C)c1nc2cc(Cl)ccn2c1C=O. The normalized spacial score (nSPS) is 11.2. The molecule has 78 valence electrons. The van der Waals surface area contributed by atoms with Crippen LogP contribution < -0.4 is 0 Å². The Hall–Kier alpha value is -1.35. The lowest BCUT2D eigenvalue weighted by Crippen LogP contribution is -1.96. The van der Waals surface area contributed by atoms with E-state index in [1.165, 1.54) is 0 Å². The second kappa shape index (κ2) is 3.66. The van der Waals surface area contributed by atoms with E-state index in [2.05, 4.69) is 4.98 Å². The number of fused-ring (bicyclic) bond motifs is 1. The number of aldehydes is 1. The summed E-state index contributed by atoms with van der Waals surface area (Å²) in [5, 5.41) is 0.625. The van der Waals surface area contributed by atoms with Crippen LogP contribution in [0.15, 0.2) is 18.3 Å². The van der Waals surface area contributed by atoms with Crippen molar-refractivity contribution in [3.05, 3.63) is 34.7 Å². The van der Waals surface area contributed by atoms with Crippen LogP contribution in [0.25, 0.3) is 5.65 Å². The van der Waals surface area contributed by atoms with E-state index in [0.717, 1.165) is 12.0 Å². The van der Waals surface area contributed by atoms with E-state index >= 15 is 0 Å². The van der Waals surface area contributed by atoms with Crippen LogP contribution in [0.1, 0.15) is 35.9 Å². The molecule has 0 aliphatic carbocycles. The highest BCUT2D eigenvalue weighted by Crippen LogP contribution is 2.21. The molecule has 15 heavy (non-hydrogen) atoms. The van der Waals surface area contributed by atoms with E-state index in [0.29, 0.717) is 16.4 Å². The first-order valence-electron chi connectivity index (χ1n) is 4.76. The van der Waals surface area contributed by atoms with Gasteiger partial charge in [0.2, 0.25) is 0 Å². The standard InChI is InChI=1S/C11H11ClN2O/c1-7(2)11-9(6-15)14-4-3-8(12)5-10(14)13-11/h3-7H,1-2H3. The lowest BCUT2D eigenvalue weighted by molar-refractivity contribution is 0.111. The van der Waals surface area contributed by atoms with Crippen molar-refractivity contribution in [2.24, 2.45) is 0 Å². The third kappa shape index (κ3) is 1.63. The molecule has 0 amide bonds. The number of aromatic nitrogens is 2. The summed E-state index contributed by atoms with van der Waals surface area (Å²) in [6.45, 7) is 4.02. The summed E-state index contributed by atoms with van der Waals surface area (Å²) in [5.41, 5.74) is 2.14. The van der Waals surface area contributed by atoms with Crippen molar-refractivity contribution in [2.75, 3.05) is 0 Å². The molecule has 2 heterocycles. The Morgan fingerprint density at radius 3 is 2.87 bits per heavy atom. The van der Waals surface area contributed by atoms with Crippen molar-refractivity contribution in [1.82, 2.24) is 9.38 Å². The third-order valence-corrected chi connectivity index (χ3v) is 2.55. The number of carbonyl (C=O) groups excluding carboxylic acids is 1. The second-order valence-electron chi connectivity index (χ2n) is 3.73. The smallest absolute Gasteiger partial charge is 0.168 e. The topological polar surface area (TPSA) is 34.4 Å². The van der Waals surface area contributed by atoms with Crippen LogP contribution in [0.4, 0.5) is 0 Å². The Labute approximate surface area is 92.7 Å². The number of nitrogens with zero attached hydrogens (tertiary/aromatic N) is 2. The summed E-state index contributed by atoms with van der Waals surface area (Å²) < 4.78 is 1.76. The van der Waals surface area contributed by atoms with Gasteiger partial charge >= 0.3 is 0 Å². The molecule has 2 aromatic rings. The minimum atomic E-state index is 0.226. The first-order valence-corrected chi connectivity index (χ1v) is 5.14. The van der Waals surface area contributed by atoms with Gasteiger partial charge in [-0.25, -0.2) is 4.98 Å². The van der Waals surface area contributed by atoms with Crippen LogP contribution >= 0.6 is 11.6 Å². The second-order valence-corrected chi connectivity index (χ2v) is 4.16. The fourth-order valence-electron chi connectivity index (χ4n) is 1.60. The Kier molecular flexibility index (Phi) is 2.49. The maximum atomic E-state index is 11.0. The lowest BCUT2D eigenvalue weighted by Gasteiger charge is -2.00. The molecule has 4 heteroatoms. The Bertz CT molecular complexity index is 517. The summed E-state index contributed by atoms with van der Waals surface area (Å²) in [5.74, 6) is 0.226. The molecule has 0 fully saturated rings. The minimum absolute atomic E-state index is 0.226. The molecular weight excluding hydrogens is 212 g/mol. The number of hydrogen-bond acceptors (Lipinski definition) is 2. The van der Waals surface area contributed by atoms with Crippen LogP contribution in [-0.2, 0) is 0 Å². The van der Waals surface area contributed by atoms with Gasteiger partial charge < -0.3 is 0 Å². The van der Waals surface area contributed by atoms with Crippen LogP contribution in [-0.4, -0.2) is 15.7 Å². The van der Waals surface area contributed by atoms with Gasteiger partial charge in [0, 0.05) is 17.3 Å². The monoisotopic (exact) mass is 222 g/mol. The molecule has 0 unspecified atom stereocenters. The lowest BCUT2D eigenvalue weighted by atomic mass is 10.1. The fourth-order valence-corrected chi connectivity index (χ4v) is 1.75. The highest BCUT2D eigenvalue weighted by molar-refractivity contribution is 6.30. The van der Waals surface area contributed by atoms with E-state index in [4.69, 9.17) is 11.6 Å². The molecule has 0 aliphatic heterocycles. The quantitative estimate of drug-likeness (QED) is 0.733. The summed E-state index contributed by atoms with van der Waals surface area (Å²) in [6, 6.07) is 3.49. The van der Waals surface area contributed by atoms with E-state index in [-0.39, 0.29) is 5.92 Å². The molecule has 0 saturated carbocycles. The molecule has 3 nitrogen and oxygen atoms in total. The molecular formula is C11H11ClN2O. The van der Waals surface area contributed by atoms with E-state index in [1.54, 1.807) is 22.7 Å². The first-order chi connectivity index (χ1) is 7.13. The summed E-state index contributed by atoms with van der Waals surface area (Å²) >= 11 is 5.86. The van der Waals surface area contributed by atoms with Crippen LogP contribution in [0.2, 0.25) is 5.02 Å². The van der Waals surface area contributed by atoms with Crippen molar-refractivity contribution in [1.29, 1.82) is 0 Å². The number of pyridine rings is 1. The summed E-state index contributed by atoms with van der Waals surface area (Å²) in [4.78, 5) is 15.4. The zero-order valence-corrected chi connectivity index (χ0v) is 9.32. The number of carbonyl (C=O) groups is 1. The molecule has 0 bridgehead atoms. The molecule has 0 radical (unpaired) electrons. The van der Waals surface area contributed by atoms with Gasteiger partial charge in [-0.2, -0.15) is 0 Å². The van der Waals surface area contributed by atoms with Gasteiger partial charge in [0.1, 0.15) is 11.3 Å². The maximum Gasteiger partial charge on any atom is 0.168 e. The van der Waals surface area contributed by atoms with Crippen molar-refractivity contribution in [3.63, 3.8) is 0 Å². The van der Waals surface area contributed by atoms with Gasteiger partial charge in [0.25, 0.3) is 0 Å². The number of rotatable bonds is 2. The predicted octanol–water partition coefficient (Wildman–Crippen LogP) is 2.92. The van der Waals surface area contributed by atoms with Crippen molar-refractivity contribution >= 4 is 23.5 Å². The average Bonchev–Trinajstić information content (AvgIpc) is 2.55. The van der Waals surface area contributed by atoms with Crippen molar-refractivity contribution in [3.8, 4) is 0 Å². The largest absolute Gasteiger partial charge is 0.297 e. The zero-order valence-electron chi connectivity index (χ0n) is 8.57. The van der Waals surface area contributed by atoms with E-state index < -0.39 is 0 Å². The van der Waals surface area contributed by atoms with Gasteiger partial charge in [-0.3, -0.25) is 9.20 Å². The third-order valence-electron chi connectivity index (χ3n) is 2.31. The van der Waals surface area contributed by atoms with Gasteiger partial charge in [0.15, 0.2) is 6.29 Å². The molecule has 0 aromatic carbocycles. The van der Waals surface area contributed by atoms with Gasteiger partial charge in [-0.1, -0.05) is 25.4 Å². The molecule has 2 rings (SSSR count). The van der Waals surface area contributed by atoms with Crippen LogP contribution in [0.5, 0.6) is 0 Å². The highest BCUT2D eigenvalue weighted by Gasteiger charge is 2.14. The number of halogens is 1. The summed E-state index contributed by atoms with van der Waals surface area (Å²) in [7, 11) is 0. The molecule has 0 atom stereocenters. The fraction of sp³-hybridized carbons (Fsp3) is 0.273.